The van der Waals surface area contributed by atoms with Crippen LogP contribution in [0.25, 0.3) is 0 Å². The van der Waals surface area contributed by atoms with E-state index >= 15 is 0 Å². The molecule has 3 amide bonds. The molecular formula is C16H20FN3O4. The van der Waals surface area contributed by atoms with Gasteiger partial charge in [0.25, 0.3) is 5.91 Å². The van der Waals surface area contributed by atoms with Crippen molar-refractivity contribution in [2.75, 3.05) is 18.0 Å². The minimum Gasteiger partial charge on any atom is -0.480 e. The number of benzene rings is 1. The zero-order valence-electron chi connectivity index (χ0n) is 13.3. The molecule has 0 radical (unpaired) electrons. The average molecular weight is 337 g/mol. The number of carbonyl (C=O) groups excluding carboxylic acids is 2. The van der Waals surface area contributed by atoms with Crippen molar-refractivity contribution in [1.29, 1.82) is 0 Å². The molecule has 1 aliphatic heterocycles. The number of aliphatic carboxylic acids is 1. The number of anilines is 1. The number of nitrogens with one attached hydrogen (secondary N) is 2. The molecule has 24 heavy (non-hydrogen) atoms. The highest BCUT2D eigenvalue weighted by molar-refractivity contribution is 5.99. The summed E-state index contributed by atoms with van der Waals surface area (Å²) in [6.45, 7) is 2.79. The molecule has 1 saturated heterocycles. The maximum atomic E-state index is 14.0. The van der Waals surface area contributed by atoms with Gasteiger partial charge in [0.15, 0.2) is 0 Å². The molecule has 130 valence electrons. The molecule has 1 aromatic carbocycles. The number of halogens is 1. The van der Waals surface area contributed by atoms with E-state index in [0.717, 1.165) is 12.5 Å². The average Bonchev–Trinajstić information content (AvgIpc) is 2.97. The first-order chi connectivity index (χ1) is 11.4. The van der Waals surface area contributed by atoms with Crippen LogP contribution in [0.2, 0.25) is 0 Å². The first-order valence-corrected chi connectivity index (χ1v) is 7.82. The number of hydrogen-bond donors (Lipinski definition) is 3. The van der Waals surface area contributed by atoms with Crippen LogP contribution in [0.1, 0.15) is 36.5 Å². The number of rotatable bonds is 7. The van der Waals surface area contributed by atoms with Gasteiger partial charge in [0.2, 0.25) is 0 Å². The molecule has 7 nitrogen and oxygen atoms in total. The Bertz CT molecular complexity index is 650. The van der Waals surface area contributed by atoms with Crippen molar-refractivity contribution in [3.8, 4) is 0 Å². The number of hydrogen-bond acceptors (Lipinski definition) is 3. The van der Waals surface area contributed by atoms with Crippen LogP contribution < -0.4 is 15.5 Å². The van der Waals surface area contributed by atoms with Gasteiger partial charge in [-0.25, -0.2) is 14.0 Å². The smallest absolute Gasteiger partial charge is 0.326 e. The van der Waals surface area contributed by atoms with Gasteiger partial charge in [0, 0.05) is 18.8 Å². The van der Waals surface area contributed by atoms with Crippen LogP contribution in [0.3, 0.4) is 0 Å². The highest BCUT2D eigenvalue weighted by atomic mass is 19.1. The maximum absolute atomic E-state index is 14.0. The van der Waals surface area contributed by atoms with Crippen LogP contribution in [-0.4, -0.2) is 42.1 Å². The van der Waals surface area contributed by atoms with Gasteiger partial charge in [-0.3, -0.25) is 9.69 Å². The fourth-order valence-electron chi connectivity index (χ4n) is 2.47. The van der Waals surface area contributed by atoms with Crippen molar-refractivity contribution in [3.05, 3.63) is 29.6 Å². The fourth-order valence-corrected chi connectivity index (χ4v) is 2.47. The molecule has 1 atom stereocenters. The minimum absolute atomic E-state index is 0.271. The molecule has 3 N–H and O–H groups in total. The standard InChI is InChI=1S/C16H20FN3O4/c1-2-3-4-13(15(22)23)19-14(21)11-9-10(5-6-12(11)17)20-8-7-18-16(20)24/h5-6,9,13H,2-4,7-8H2,1H3,(H,18,24)(H,19,21)(H,22,23)/t13-/m0/s1. The summed E-state index contributed by atoms with van der Waals surface area (Å²) in [7, 11) is 0. The summed E-state index contributed by atoms with van der Waals surface area (Å²) in [5.41, 5.74) is 0.104. The van der Waals surface area contributed by atoms with Gasteiger partial charge in [-0.1, -0.05) is 19.8 Å². The van der Waals surface area contributed by atoms with Gasteiger partial charge in [-0.2, -0.15) is 0 Å². The molecule has 2 rings (SSSR count). The van der Waals surface area contributed by atoms with E-state index in [0.29, 0.717) is 25.2 Å². The summed E-state index contributed by atoms with van der Waals surface area (Å²) >= 11 is 0. The van der Waals surface area contributed by atoms with Gasteiger partial charge >= 0.3 is 12.0 Å². The molecule has 0 saturated carbocycles. The van der Waals surface area contributed by atoms with Crippen molar-refractivity contribution in [2.24, 2.45) is 0 Å². The van der Waals surface area contributed by atoms with Crippen molar-refractivity contribution in [3.63, 3.8) is 0 Å². The van der Waals surface area contributed by atoms with E-state index < -0.39 is 23.7 Å². The molecule has 1 aliphatic rings. The Labute approximate surface area is 138 Å². The highest BCUT2D eigenvalue weighted by Crippen LogP contribution is 2.21. The largest absolute Gasteiger partial charge is 0.480 e. The molecular weight excluding hydrogens is 317 g/mol. The predicted octanol–water partition coefficient (Wildman–Crippen LogP) is 1.73. The third kappa shape index (κ3) is 4.01. The zero-order valence-corrected chi connectivity index (χ0v) is 13.3. The number of amides is 3. The Morgan fingerprint density at radius 2 is 2.21 bits per heavy atom. The topological polar surface area (TPSA) is 98.7 Å². The summed E-state index contributed by atoms with van der Waals surface area (Å²) in [6, 6.07) is 2.37. The van der Waals surface area contributed by atoms with E-state index in [2.05, 4.69) is 10.6 Å². The zero-order chi connectivity index (χ0) is 17.7. The van der Waals surface area contributed by atoms with E-state index in [9.17, 15) is 18.8 Å². The summed E-state index contributed by atoms with van der Waals surface area (Å²) < 4.78 is 14.0. The minimum atomic E-state index is -1.16. The third-order valence-electron chi connectivity index (χ3n) is 3.81. The summed E-state index contributed by atoms with van der Waals surface area (Å²) in [4.78, 5) is 36.5. The normalized spacial score (nSPS) is 15.1. The van der Waals surface area contributed by atoms with Gasteiger partial charge in [-0.05, 0) is 24.6 Å². The van der Waals surface area contributed by atoms with Crippen molar-refractivity contribution < 1.29 is 23.9 Å². The molecule has 1 fully saturated rings. The van der Waals surface area contributed by atoms with E-state index in [1.807, 2.05) is 6.92 Å². The van der Waals surface area contributed by atoms with E-state index in [1.54, 1.807) is 0 Å². The molecule has 1 aromatic rings. The van der Waals surface area contributed by atoms with E-state index in [-0.39, 0.29) is 18.0 Å². The lowest BCUT2D eigenvalue weighted by atomic mass is 10.1. The monoisotopic (exact) mass is 337 g/mol. The van der Waals surface area contributed by atoms with Crippen LogP contribution in [0.15, 0.2) is 18.2 Å². The second-order valence-electron chi connectivity index (χ2n) is 5.55. The number of nitrogens with zero attached hydrogens (tertiary/aromatic N) is 1. The Balaban J connectivity index is 2.18. The first-order valence-electron chi connectivity index (χ1n) is 7.82. The Morgan fingerprint density at radius 3 is 2.79 bits per heavy atom. The van der Waals surface area contributed by atoms with Crippen LogP contribution in [-0.2, 0) is 4.79 Å². The van der Waals surface area contributed by atoms with Gasteiger partial charge in [0.1, 0.15) is 11.9 Å². The van der Waals surface area contributed by atoms with Crippen LogP contribution in [0.5, 0.6) is 0 Å². The van der Waals surface area contributed by atoms with Crippen molar-refractivity contribution in [1.82, 2.24) is 10.6 Å². The number of urea groups is 1. The number of carboxylic acid groups (broad SMARTS) is 1. The van der Waals surface area contributed by atoms with Gasteiger partial charge in [0.05, 0.1) is 5.56 Å². The predicted molar refractivity (Wildman–Crippen MR) is 85.6 cm³/mol. The molecule has 0 aliphatic carbocycles. The first kappa shape index (κ1) is 17.7. The second-order valence-corrected chi connectivity index (χ2v) is 5.55. The summed E-state index contributed by atoms with van der Waals surface area (Å²) in [6.07, 6.45) is 1.69. The number of carboxylic acids is 1. The van der Waals surface area contributed by atoms with E-state index in [1.165, 1.54) is 17.0 Å². The van der Waals surface area contributed by atoms with Crippen molar-refractivity contribution >= 4 is 23.6 Å². The SMILES string of the molecule is CCCC[C@H](NC(=O)c1cc(N2CCNC2=O)ccc1F)C(=O)O. The Morgan fingerprint density at radius 1 is 1.46 bits per heavy atom. The molecule has 0 spiro atoms. The Hall–Kier alpha value is -2.64. The summed E-state index contributed by atoms with van der Waals surface area (Å²) in [5.74, 6) is -2.74. The van der Waals surface area contributed by atoms with Crippen molar-refractivity contribution in [2.45, 2.75) is 32.2 Å². The lowest BCUT2D eigenvalue weighted by Crippen LogP contribution is -2.41. The molecule has 8 heteroatoms. The highest BCUT2D eigenvalue weighted by Gasteiger charge is 2.25. The quantitative estimate of drug-likeness (QED) is 0.705. The lowest BCUT2D eigenvalue weighted by molar-refractivity contribution is -0.139. The van der Waals surface area contributed by atoms with Gasteiger partial charge in [-0.15, -0.1) is 0 Å². The number of carbonyl (C=O) groups is 3. The number of unbranched alkanes of at least 4 members (excludes halogenated alkanes) is 1. The third-order valence-corrected chi connectivity index (χ3v) is 3.81. The lowest BCUT2D eigenvalue weighted by Gasteiger charge is -2.17. The Kier molecular flexibility index (Phi) is 5.73. The molecule has 1 heterocycles. The molecule has 0 aromatic heterocycles. The molecule has 0 unspecified atom stereocenters. The second kappa shape index (κ2) is 7.76. The van der Waals surface area contributed by atoms with Crippen LogP contribution in [0, 0.1) is 5.82 Å². The van der Waals surface area contributed by atoms with E-state index in [4.69, 9.17) is 5.11 Å². The molecule has 0 bridgehead atoms. The van der Waals surface area contributed by atoms with Crippen LogP contribution in [0.4, 0.5) is 14.9 Å². The fraction of sp³-hybridized carbons (Fsp3) is 0.438. The van der Waals surface area contributed by atoms with Gasteiger partial charge < -0.3 is 15.7 Å². The maximum Gasteiger partial charge on any atom is 0.326 e. The summed E-state index contributed by atoms with van der Waals surface area (Å²) in [5, 5.41) is 14.1. The van der Waals surface area contributed by atoms with Crippen LogP contribution >= 0.6 is 0 Å².